The highest BCUT2D eigenvalue weighted by Gasteiger charge is 2.10. The molecule has 3 aromatic rings. The normalized spacial score (nSPS) is 10.5. The molecule has 3 rings (SSSR count). The van der Waals surface area contributed by atoms with Gasteiger partial charge in [-0.2, -0.15) is 5.10 Å². The summed E-state index contributed by atoms with van der Waals surface area (Å²) in [5, 5.41) is 17.3. The number of methoxy groups -OCH3 is 1. The van der Waals surface area contributed by atoms with E-state index in [4.69, 9.17) is 9.47 Å². The van der Waals surface area contributed by atoms with E-state index in [2.05, 4.69) is 15.8 Å². The van der Waals surface area contributed by atoms with Gasteiger partial charge in [-0.25, -0.2) is 5.43 Å². The Labute approximate surface area is 189 Å². The van der Waals surface area contributed by atoms with Crippen LogP contribution in [-0.4, -0.2) is 36.7 Å². The summed E-state index contributed by atoms with van der Waals surface area (Å²) in [5.41, 5.74) is 3.74. The Balaban J connectivity index is 1.56. The Kier molecular flexibility index (Phi) is 7.68. The number of carbonyl (C=O) groups excluding carboxylic acids is 2. The zero-order valence-corrected chi connectivity index (χ0v) is 17.6. The number of ether oxygens (including phenoxy) is 2. The molecule has 10 nitrogen and oxygen atoms in total. The van der Waals surface area contributed by atoms with E-state index in [1.807, 2.05) is 18.2 Å². The van der Waals surface area contributed by atoms with Crippen molar-refractivity contribution in [3.63, 3.8) is 0 Å². The first-order valence-electron chi connectivity index (χ1n) is 9.70. The van der Waals surface area contributed by atoms with Crippen LogP contribution in [-0.2, 0) is 4.79 Å². The molecular formula is C23H20N4O6. The number of nitro benzene ring substituents is 1. The van der Waals surface area contributed by atoms with Crippen LogP contribution in [0, 0.1) is 10.1 Å². The Hall–Kier alpha value is -4.73. The molecule has 33 heavy (non-hydrogen) atoms. The molecule has 0 radical (unpaired) electrons. The summed E-state index contributed by atoms with van der Waals surface area (Å²) in [6, 6.07) is 19.1. The highest BCUT2D eigenvalue weighted by molar-refractivity contribution is 5.95. The van der Waals surface area contributed by atoms with E-state index in [0.717, 1.165) is 0 Å². The molecule has 0 fully saturated rings. The van der Waals surface area contributed by atoms with Crippen LogP contribution in [0.25, 0.3) is 0 Å². The number of para-hydroxylation sites is 1. The molecule has 0 aliphatic rings. The van der Waals surface area contributed by atoms with Gasteiger partial charge in [0.25, 0.3) is 17.5 Å². The maximum Gasteiger partial charge on any atom is 0.271 e. The number of nitrogens with one attached hydrogen (secondary N) is 2. The van der Waals surface area contributed by atoms with Crippen molar-refractivity contribution in [2.45, 2.75) is 0 Å². The first-order chi connectivity index (χ1) is 16.0. The van der Waals surface area contributed by atoms with Gasteiger partial charge in [-0.1, -0.05) is 18.2 Å². The van der Waals surface area contributed by atoms with Crippen LogP contribution in [0.5, 0.6) is 11.5 Å². The van der Waals surface area contributed by atoms with Gasteiger partial charge < -0.3 is 14.8 Å². The SMILES string of the molecule is COc1cc(/C=N/NC(=O)c2ccc([N+](=O)[O-])cc2)ccc1OCC(=O)Nc1ccccc1. The van der Waals surface area contributed by atoms with Gasteiger partial charge in [0.15, 0.2) is 18.1 Å². The van der Waals surface area contributed by atoms with E-state index in [-0.39, 0.29) is 23.8 Å². The number of hydrogen-bond donors (Lipinski definition) is 2. The maximum atomic E-state index is 12.1. The lowest BCUT2D eigenvalue weighted by molar-refractivity contribution is -0.384. The van der Waals surface area contributed by atoms with E-state index < -0.39 is 10.8 Å². The molecule has 0 heterocycles. The molecular weight excluding hydrogens is 428 g/mol. The third-order valence-electron chi connectivity index (χ3n) is 4.32. The van der Waals surface area contributed by atoms with Crippen molar-refractivity contribution in [2.75, 3.05) is 19.0 Å². The molecule has 2 N–H and O–H groups in total. The molecule has 3 aromatic carbocycles. The van der Waals surface area contributed by atoms with Crippen LogP contribution >= 0.6 is 0 Å². The number of anilines is 1. The van der Waals surface area contributed by atoms with E-state index in [1.54, 1.807) is 30.3 Å². The molecule has 0 aliphatic heterocycles. The molecule has 0 aromatic heterocycles. The number of benzene rings is 3. The van der Waals surface area contributed by atoms with Crippen LogP contribution in [0.2, 0.25) is 0 Å². The first-order valence-corrected chi connectivity index (χ1v) is 9.70. The smallest absolute Gasteiger partial charge is 0.271 e. The average Bonchev–Trinajstić information content (AvgIpc) is 2.83. The van der Waals surface area contributed by atoms with Crippen LogP contribution in [0.15, 0.2) is 77.9 Å². The average molecular weight is 448 g/mol. The summed E-state index contributed by atoms with van der Waals surface area (Å²) < 4.78 is 10.8. The molecule has 0 bridgehead atoms. The van der Waals surface area contributed by atoms with Gasteiger partial charge in [0.2, 0.25) is 0 Å². The van der Waals surface area contributed by atoms with E-state index >= 15 is 0 Å². The minimum atomic E-state index is -0.545. The monoisotopic (exact) mass is 448 g/mol. The van der Waals surface area contributed by atoms with Gasteiger partial charge in [-0.3, -0.25) is 19.7 Å². The lowest BCUT2D eigenvalue weighted by Crippen LogP contribution is -2.20. The number of amides is 2. The fraction of sp³-hybridized carbons (Fsp3) is 0.0870. The predicted octanol–water partition coefficient (Wildman–Crippen LogP) is 3.38. The summed E-state index contributed by atoms with van der Waals surface area (Å²) in [4.78, 5) is 34.3. The summed E-state index contributed by atoms with van der Waals surface area (Å²) in [7, 11) is 1.46. The van der Waals surface area contributed by atoms with Crippen LogP contribution in [0.3, 0.4) is 0 Å². The summed E-state index contributed by atoms with van der Waals surface area (Å²) in [6.07, 6.45) is 1.40. The second-order valence-corrected chi connectivity index (χ2v) is 6.62. The van der Waals surface area contributed by atoms with E-state index in [1.165, 1.54) is 37.6 Å². The number of non-ortho nitro benzene ring substituents is 1. The molecule has 10 heteroatoms. The fourth-order valence-electron chi connectivity index (χ4n) is 2.71. The molecule has 0 spiro atoms. The highest BCUT2D eigenvalue weighted by atomic mass is 16.6. The minimum absolute atomic E-state index is 0.109. The molecule has 0 saturated carbocycles. The quantitative estimate of drug-likeness (QED) is 0.293. The second kappa shape index (κ2) is 11.0. The predicted molar refractivity (Wildman–Crippen MR) is 122 cm³/mol. The lowest BCUT2D eigenvalue weighted by Gasteiger charge is -2.11. The van der Waals surface area contributed by atoms with Gasteiger partial charge in [0.1, 0.15) is 0 Å². The number of nitrogens with zero attached hydrogens (tertiary/aromatic N) is 2. The zero-order valence-electron chi connectivity index (χ0n) is 17.6. The van der Waals surface area contributed by atoms with Gasteiger partial charge in [-0.15, -0.1) is 0 Å². The molecule has 2 amide bonds. The number of hydrogen-bond acceptors (Lipinski definition) is 7. The van der Waals surface area contributed by atoms with Crippen molar-refractivity contribution in [3.05, 3.63) is 94.0 Å². The largest absolute Gasteiger partial charge is 0.493 e. The van der Waals surface area contributed by atoms with Gasteiger partial charge in [0.05, 0.1) is 18.2 Å². The highest BCUT2D eigenvalue weighted by Crippen LogP contribution is 2.27. The Morgan fingerprint density at radius 2 is 1.76 bits per heavy atom. The van der Waals surface area contributed by atoms with Gasteiger partial charge >= 0.3 is 0 Å². The van der Waals surface area contributed by atoms with Crippen molar-refractivity contribution in [1.29, 1.82) is 0 Å². The Morgan fingerprint density at radius 3 is 2.42 bits per heavy atom. The summed E-state index contributed by atoms with van der Waals surface area (Å²) in [6.45, 7) is -0.204. The van der Waals surface area contributed by atoms with E-state index in [0.29, 0.717) is 22.7 Å². The van der Waals surface area contributed by atoms with Crippen molar-refractivity contribution >= 4 is 29.4 Å². The van der Waals surface area contributed by atoms with Crippen molar-refractivity contribution in [1.82, 2.24) is 5.43 Å². The molecule has 168 valence electrons. The van der Waals surface area contributed by atoms with Crippen molar-refractivity contribution in [2.24, 2.45) is 5.10 Å². The number of rotatable bonds is 9. The topological polar surface area (TPSA) is 132 Å². The zero-order chi connectivity index (χ0) is 23.6. The van der Waals surface area contributed by atoms with Crippen molar-refractivity contribution in [3.8, 4) is 11.5 Å². The van der Waals surface area contributed by atoms with Crippen molar-refractivity contribution < 1.29 is 24.0 Å². The van der Waals surface area contributed by atoms with Crippen LogP contribution < -0.4 is 20.2 Å². The number of hydrazone groups is 1. The maximum absolute atomic E-state index is 12.1. The van der Waals surface area contributed by atoms with Gasteiger partial charge in [0, 0.05) is 23.4 Å². The minimum Gasteiger partial charge on any atom is -0.493 e. The Bertz CT molecular complexity index is 1160. The number of nitro groups is 1. The molecule has 0 unspecified atom stereocenters. The standard InChI is InChI=1S/C23H20N4O6/c1-32-21-13-16(14-24-26-23(29)17-8-10-19(11-9-17)27(30)31)7-12-20(21)33-15-22(28)25-18-5-3-2-4-6-18/h2-14H,15H2,1H3,(H,25,28)(H,26,29)/b24-14+. The van der Waals surface area contributed by atoms with Crippen LogP contribution in [0.1, 0.15) is 15.9 Å². The van der Waals surface area contributed by atoms with E-state index in [9.17, 15) is 19.7 Å². The number of carbonyl (C=O) groups is 2. The third-order valence-corrected chi connectivity index (χ3v) is 4.32. The van der Waals surface area contributed by atoms with Gasteiger partial charge in [-0.05, 0) is 48.0 Å². The third kappa shape index (κ3) is 6.62. The van der Waals surface area contributed by atoms with Crippen LogP contribution in [0.4, 0.5) is 11.4 Å². The molecule has 0 aliphatic carbocycles. The summed E-state index contributed by atoms with van der Waals surface area (Å²) >= 11 is 0. The molecule has 0 saturated heterocycles. The Morgan fingerprint density at radius 1 is 1.03 bits per heavy atom. The fourth-order valence-corrected chi connectivity index (χ4v) is 2.71. The molecule has 0 atom stereocenters. The lowest BCUT2D eigenvalue weighted by atomic mass is 10.2. The second-order valence-electron chi connectivity index (χ2n) is 6.62. The first kappa shape index (κ1) is 22.9. The summed E-state index contributed by atoms with van der Waals surface area (Å²) in [5.74, 6) is -0.0822.